The molecule has 76 valence electrons. The van der Waals surface area contributed by atoms with Crippen LogP contribution in [0.5, 0.6) is 0 Å². The Hall–Kier alpha value is -0.790. The molecule has 0 atom stereocenters. The van der Waals surface area contributed by atoms with Crippen LogP contribution < -0.4 is 5.32 Å². The molecule has 0 aliphatic carbocycles. The first kappa shape index (κ1) is 12.2. The van der Waals surface area contributed by atoms with Crippen molar-refractivity contribution in [1.29, 1.82) is 0 Å². The van der Waals surface area contributed by atoms with Crippen LogP contribution in [0, 0.1) is 5.92 Å². The lowest BCUT2D eigenvalue weighted by atomic mass is 10.1. The van der Waals surface area contributed by atoms with Crippen LogP contribution in [0.2, 0.25) is 0 Å². The lowest BCUT2D eigenvalue weighted by Gasteiger charge is -2.05. The van der Waals surface area contributed by atoms with Crippen molar-refractivity contribution in [3.63, 3.8) is 0 Å². The van der Waals surface area contributed by atoms with Crippen molar-refractivity contribution in [2.75, 3.05) is 6.54 Å². The fourth-order valence-electron chi connectivity index (χ4n) is 0.929. The molecule has 0 fully saturated rings. The van der Waals surface area contributed by atoms with Gasteiger partial charge in [0.25, 0.3) is 0 Å². The second-order valence-electron chi connectivity index (χ2n) is 3.62. The van der Waals surface area contributed by atoms with Gasteiger partial charge in [-0.2, -0.15) is 0 Å². The zero-order chi connectivity index (χ0) is 10.1. The van der Waals surface area contributed by atoms with Crippen LogP contribution in [0.3, 0.4) is 0 Å². The molecule has 0 saturated heterocycles. The molecule has 0 aromatic heterocycles. The van der Waals surface area contributed by atoms with Crippen molar-refractivity contribution in [3.05, 3.63) is 12.2 Å². The van der Waals surface area contributed by atoms with E-state index in [9.17, 15) is 4.79 Å². The molecule has 0 unspecified atom stereocenters. The lowest BCUT2D eigenvalue weighted by Crippen LogP contribution is -2.24. The van der Waals surface area contributed by atoms with Gasteiger partial charge < -0.3 is 5.32 Å². The monoisotopic (exact) mass is 183 g/mol. The highest BCUT2D eigenvalue weighted by atomic mass is 16.1. The van der Waals surface area contributed by atoms with Crippen LogP contribution in [0.1, 0.15) is 40.0 Å². The number of allylic oxidation sites excluding steroid dienone is 1. The van der Waals surface area contributed by atoms with Crippen molar-refractivity contribution < 1.29 is 4.79 Å². The van der Waals surface area contributed by atoms with Gasteiger partial charge in [-0.3, -0.25) is 4.79 Å². The average molecular weight is 183 g/mol. The van der Waals surface area contributed by atoms with Gasteiger partial charge in [-0.05, 0) is 18.8 Å². The quantitative estimate of drug-likeness (QED) is 0.630. The van der Waals surface area contributed by atoms with Crippen LogP contribution in [0.15, 0.2) is 12.2 Å². The molecule has 0 aliphatic heterocycles. The summed E-state index contributed by atoms with van der Waals surface area (Å²) < 4.78 is 0. The standard InChI is InChI=1S/C11H21NO/c1-4-5-6-7-11(13)12-9-8-10(2)3/h5-6,10H,4,7-9H2,1-3H3,(H,12,13)/b6-5-. The summed E-state index contributed by atoms with van der Waals surface area (Å²) in [7, 11) is 0. The van der Waals surface area contributed by atoms with E-state index in [0.29, 0.717) is 12.3 Å². The van der Waals surface area contributed by atoms with Crippen LogP contribution in [-0.4, -0.2) is 12.5 Å². The van der Waals surface area contributed by atoms with Crippen LogP contribution in [0.25, 0.3) is 0 Å². The highest BCUT2D eigenvalue weighted by molar-refractivity contribution is 5.77. The van der Waals surface area contributed by atoms with Gasteiger partial charge in [0.1, 0.15) is 0 Å². The lowest BCUT2D eigenvalue weighted by molar-refractivity contribution is -0.120. The minimum absolute atomic E-state index is 0.130. The number of amides is 1. The van der Waals surface area contributed by atoms with E-state index in [1.807, 2.05) is 12.2 Å². The van der Waals surface area contributed by atoms with Crippen molar-refractivity contribution in [3.8, 4) is 0 Å². The normalized spacial score (nSPS) is 11.1. The Morgan fingerprint density at radius 2 is 2.08 bits per heavy atom. The van der Waals surface area contributed by atoms with E-state index >= 15 is 0 Å². The molecular formula is C11H21NO. The maximum absolute atomic E-state index is 11.1. The van der Waals surface area contributed by atoms with Gasteiger partial charge in [0, 0.05) is 13.0 Å². The summed E-state index contributed by atoms with van der Waals surface area (Å²) in [6, 6.07) is 0. The fraction of sp³-hybridized carbons (Fsp3) is 0.727. The summed E-state index contributed by atoms with van der Waals surface area (Å²) >= 11 is 0. The first-order valence-electron chi connectivity index (χ1n) is 5.08. The van der Waals surface area contributed by atoms with Crippen molar-refractivity contribution in [2.24, 2.45) is 5.92 Å². The highest BCUT2D eigenvalue weighted by Crippen LogP contribution is 1.96. The van der Waals surface area contributed by atoms with E-state index in [2.05, 4.69) is 26.1 Å². The SMILES string of the molecule is CC/C=C\CC(=O)NCCC(C)C. The summed E-state index contributed by atoms with van der Waals surface area (Å²) in [5.74, 6) is 0.789. The fourth-order valence-corrected chi connectivity index (χ4v) is 0.929. The molecule has 0 saturated carbocycles. The van der Waals surface area contributed by atoms with Crippen molar-refractivity contribution in [1.82, 2.24) is 5.32 Å². The molecule has 0 aliphatic rings. The first-order valence-corrected chi connectivity index (χ1v) is 5.08. The Morgan fingerprint density at radius 3 is 2.62 bits per heavy atom. The molecule has 0 aromatic carbocycles. The molecule has 2 heteroatoms. The number of rotatable bonds is 6. The summed E-state index contributed by atoms with van der Waals surface area (Å²) in [6.07, 6.45) is 6.52. The average Bonchev–Trinajstić information content (AvgIpc) is 2.04. The van der Waals surface area contributed by atoms with E-state index in [-0.39, 0.29) is 5.91 Å². The predicted octanol–water partition coefficient (Wildman–Crippen LogP) is 2.51. The van der Waals surface area contributed by atoms with E-state index < -0.39 is 0 Å². The van der Waals surface area contributed by atoms with Gasteiger partial charge in [0.2, 0.25) is 5.91 Å². The molecule has 0 aromatic rings. The second kappa shape index (κ2) is 7.84. The summed E-state index contributed by atoms with van der Waals surface area (Å²) in [5, 5.41) is 2.88. The van der Waals surface area contributed by atoms with E-state index in [1.165, 1.54) is 0 Å². The summed E-state index contributed by atoms with van der Waals surface area (Å²) in [6.45, 7) is 7.18. The molecule has 1 N–H and O–H groups in total. The third-order valence-corrected chi connectivity index (χ3v) is 1.75. The summed E-state index contributed by atoms with van der Waals surface area (Å²) in [4.78, 5) is 11.1. The van der Waals surface area contributed by atoms with Gasteiger partial charge >= 0.3 is 0 Å². The maximum Gasteiger partial charge on any atom is 0.223 e. The molecule has 0 heterocycles. The molecule has 0 radical (unpaired) electrons. The van der Waals surface area contributed by atoms with E-state index in [4.69, 9.17) is 0 Å². The number of hydrogen-bond acceptors (Lipinski definition) is 1. The van der Waals surface area contributed by atoms with Gasteiger partial charge in [-0.15, -0.1) is 0 Å². The zero-order valence-corrected chi connectivity index (χ0v) is 8.97. The third-order valence-electron chi connectivity index (χ3n) is 1.75. The third kappa shape index (κ3) is 9.12. The van der Waals surface area contributed by atoms with Crippen LogP contribution in [-0.2, 0) is 4.79 Å². The van der Waals surface area contributed by atoms with Gasteiger partial charge in [0.05, 0.1) is 0 Å². The minimum Gasteiger partial charge on any atom is -0.356 e. The molecule has 2 nitrogen and oxygen atoms in total. The van der Waals surface area contributed by atoms with Crippen molar-refractivity contribution in [2.45, 2.75) is 40.0 Å². The zero-order valence-electron chi connectivity index (χ0n) is 8.97. The Kier molecular flexibility index (Phi) is 7.36. The highest BCUT2D eigenvalue weighted by Gasteiger charge is 1.97. The minimum atomic E-state index is 0.130. The van der Waals surface area contributed by atoms with Gasteiger partial charge in [-0.25, -0.2) is 0 Å². The Bertz CT molecular complexity index is 161. The van der Waals surface area contributed by atoms with E-state index in [0.717, 1.165) is 19.4 Å². The largest absolute Gasteiger partial charge is 0.356 e. The topological polar surface area (TPSA) is 29.1 Å². The number of carbonyl (C=O) groups excluding carboxylic acids is 1. The number of hydrogen-bond donors (Lipinski definition) is 1. The van der Waals surface area contributed by atoms with Crippen LogP contribution >= 0.6 is 0 Å². The van der Waals surface area contributed by atoms with Crippen LogP contribution in [0.4, 0.5) is 0 Å². The number of nitrogens with one attached hydrogen (secondary N) is 1. The summed E-state index contributed by atoms with van der Waals surface area (Å²) in [5.41, 5.74) is 0. The van der Waals surface area contributed by atoms with Gasteiger partial charge in [-0.1, -0.05) is 32.9 Å². The second-order valence-corrected chi connectivity index (χ2v) is 3.62. The van der Waals surface area contributed by atoms with Gasteiger partial charge in [0.15, 0.2) is 0 Å². The molecule has 0 bridgehead atoms. The smallest absolute Gasteiger partial charge is 0.223 e. The molecular weight excluding hydrogens is 162 g/mol. The predicted molar refractivity (Wildman–Crippen MR) is 56.5 cm³/mol. The molecule has 0 rings (SSSR count). The number of carbonyl (C=O) groups is 1. The Balaban J connectivity index is 3.35. The Morgan fingerprint density at radius 1 is 1.38 bits per heavy atom. The molecule has 0 spiro atoms. The van der Waals surface area contributed by atoms with Crippen molar-refractivity contribution >= 4 is 5.91 Å². The maximum atomic E-state index is 11.1. The first-order chi connectivity index (χ1) is 6.16. The molecule has 13 heavy (non-hydrogen) atoms. The van der Waals surface area contributed by atoms with E-state index in [1.54, 1.807) is 0 Å². The molecule has 1 amide bonds. The Labute approximate surface area is 81.4 Å².